The molecule has 0 atom stereocenters. The molecule has 1 fully saturated rings. The second-order valence-corrected chi connectivity index (χ2v) is 7.57. The van der Waals surface area contributed by atoms with Crippen molar-refractivity contribution in [2.24, 2.45) is 0 Å². The Labute approximate surface area is 156 Å². The number of esters is 1. The van der Waals surface area contributed by atoms with Crippen molar-refractivity contribution in [1.29, 1.82) is 0 Å². The van der Waals surface area contributed by atoms with Gasteiger partial charge in [-0.1, -0.05) is 0 Å². The van der Waals surface area contributed by atoms with Crippen LogP contribution in [-0.4, -0.2) is 45.8 Å². The number of ether oxygens (including phenoxy) is 1. The lowest BCUT2D eigenvalue weighted by molar-refractivity contribution is -0.884. The number of aryl methyl sites for hydroxylation is 2. The molecule has 0 radical (unpaired) electrons. The van der Waals surface area contributed by atoms with E-state index in [2.05, 4.69) is 50.0 Å². The predicted molar refractivity (Wildman–Crippen MR) is 104 cm³/mol. The zero-order valence-corrected chi connectivity index (χ0v) is 16.6. The number of likely N-dealkylation sites (tertiary alicyclic amines) is 1. The highest BCUT2D eigenvalue weighted by Crippen LogP contribution is 2.32. The number of hydrogen-bond acceptors (Lipinski definition) is 3. The zero-order valence-electron chi connectivity index (χ0n) is 16.6. The lowest BCUT2D eigenvalue weighted by Crippen LogP contribution is -3.10. The third-order valence-electron chi connectivity index (χ3n) is 5.56. The van der Waals surface area contributed by atoms with Crippen LogP contribution in [0.4, 0.5) is 5.69 Å². The lowest BCUT2D eigenvalue weighted by Gasteiger charge is -2.35. The van der Waals surface area contributed by atoms with Crippen LogP contribution in [-0.2, 0) is 4.74 Å². The molecule has 1 aliphatic rings. The van der Waals surface area contributed by atoms with E-state index in [0.29, 0.717) is 18.2 Å². The summed E-state index contributed by atoms with van der Waals surface area (Å²) in [5.74, 6) is -0.259. The van der Waals surface area contributed by atoms with E-state index >= 15 is 0 Å². The Morgan fingerprint density at radius 2 is 2.00 bits per heavy atom. The van der Waals surface area contributed by atoms with Crippen molar-refractivity contribution < 1.29 is 19.4 Å². The highest BCUT2D eigenvalue weighted by atomic mass is 16.5. The number of fused-ring (bicyclic) bond motifs is 1. The van der Waals surface area contributed by atoms with Crippen LogP contribution in [0.3, 0.4) is 0 Å². The van der Waals surface area contributed by atoms with Gasteiger partial charge in [0.05, 0.1) is 37.8 Å². The number of H-pyrrole nitrogens is 1. The van der Waals surface area contributed by atoms with Gasteiger partial charge in [0.2, 0.25) is 5.52 Å². The average Bonchev–Trinajstić information content (AvgIpc) is 2.61. The van der Waals surface area contributed by atoms with Gasteiger partial charge in [-0.25, -0.2) is 9.78 Å². The molecular formula is C21H31N3O2+2. The Kier molecular flexibility index (Phi) is 5.47. The molecule has 5 heteroatoms. The van der Waals surface area contributed by atoms with Crippen molar-refractivity contribution in [3.05, 3.63) is 35.0 Å². The number of nitrogens with zero attached hydrogens (tertiary/aromatic N) is 1. The van der Waals surface area contributed by atoms with E-state index in [4.69, 9.17) is 4.74 Å². The molecule has 0 bridgehead atoms. The van der Waals surface area contributed by atoms with Crippen molar-refractivity contribution in [2.75, 3.05) is 38.7 Å². The maximum Gasteiger partial charge on any atom is 0.346 e. The molecule has 0 saturated carbocycles. The minimum Gasteiger partial charge on any atom is -0.462 e. The molecule has 1 aromatic heterocycles. The van der Waals surface area contributed by atoms with E-state index in [0.717, 1.165) is 29.4 Å². The van der Waals surface area contributed by atoms with Gasteiger partial charge in [0.25, 0.3) is 0 Å². The van der Waals surface area contributed by atoms with Crippen LogP contribution in [0.1, 0.15) is 41.3 Å². The fraction of sp³-hybridized carbons (Fsp3) is 0.524. The number of pyridine rings is 1. The van der Waals surface area contributed by atoms with Gasteiger partial charge in [-0.2, -0.15) is 0 Å². The number of anilines is 1. The SMILES string of the molecule is CCOC(=O)c1c[nH+]c2c(C)cc(C)cc2c1N(C)C1CC[NH+](C)CC1. The predicted octanol–water partition coefficient (Wildman–Crippen LogP) is 1.56. The van der Waals surface area contributed by atoms with E-state index in [9.17, 15) is 4.79 Å². The molecule has 1 saturated heterocycles. The quantitative estimate of drug-likeness (QED) is 0.845. The minimum absolute atomic E-state index is 0.259. The first kappa shape index (κ1) is 18.6. The lowest BCUT2D eigenvalue weighted by atomic mass is 9.98. The summed E-state index contributed by atoms with van der Waals surface area (Å²) in [6.07, 6.45) is 4.08. The standard InChI is InChI=1S/C21H29N3O2/c1-6-26-21(25)18-13-22-19-15(3)11-14(2)12-17(19)20(18)24(5)16-7-9-23(4)10-8-16/h11-13,16H,6-10H2,1-5H3/p+2. The van der Waals surface area contributed by atoms with Crippen molar-refractivity contribution in [2.45, 2.75) is 39.7 Å². The number of aromatic nitrogens is 1. The number of rotatable bonds is 4. The Hall–Kier alpha value is -2.14. The summed E-state index contributed by atoms with van der Waals surface area (Å²) in [7, 11) is 4.38. The Morgan fingerprint density at radius 3 is 2.65 bits per heavy atom. The smallest absolute Gasteiger partial charge is 0.346 e. The molecule has 26 heavy (non-hydrogen) atoms. The number of aromatic amines is 1. The van der Waals surface area contributed by atoms with Crippen LogP contribution in [0, 0.1) is 13.8 Å². The van der Waals surface area contributed by atoms with Gasteiger partial charge in [0, 0.05) is 31.5 Å². The number of benzene rings is 1. The average molecular weight is 357 g/mol. The summed E-state index contributed by atoms with van der Waals surface area (Å²) < 4.78 is 5.34. The van der Waals surface area contributed by atoms with Gasteiger partial charge in [0.15, 0.2) is 6.20 Å². The molecule has 140 valence electrons. The molecule has 1 aromatic carbocycles. The Morgan fingerprint density at radius 1 is 1.31 bits per heavy atom. The topological polar surface area (TPSA) is 48.1 Å². The number of nitrogens with one attached hydrogen (secondary N) is 2. The molecule has 0 spiro atoms. The van der Waals surface area contributed by atoms with Gasteiger partial charge < -0.3 is 14.5 Å². The molecule has 5 nitrogen and oxygen atoms in total. The van der Waals surface area contributed by atoms with Gasteiger partial charge >= 0.3 is 5.97 Å². The molecule has 0 unspecified atom stereocenters. The van der Waals surface area contributed by atoms with Gasteiger partial charge in [-0.15, -0.1) is 0 Å². The van der Waals surface area contributed by atoms with E-state index in [-0.39, 0.29) is 5.97 Å². The molecule has 0 amide bonds. The number of hydrogen-bond donors (Lipinski definition) is 1. The van der Waals surface area contributed by atoms with Crippen molar-refractivity contribution in [3.8, 4) is 0 Å². The number of carbonyl (C=O) groups is 1. The van der Waals surface area contributed by atoms with Crippen LogP contribution in [0.5, 0.6) is 0 Å². The summed E-state index contributed by atoms with van der Waals surface area (Å²) in [6, 6.07) is 4.79. The van der Waals surface area contributed by atoms with E-state index in [1.165, 1.54) is 24.2 Å². The Balaban J connectivity index is 2.15. The van der Waals surface area contributed by atoms with Crippen LogP contribution >= 0.6 is 0 Å². The largest absolute Gasteiger partial charge is 0.462 e. The summed E-state index contributed by atoms with van der Waals surface area (Å²) in [5, 5.41) is 1.10. The maximum absolute atomic E-state index is 12.6. The number of piperidine rings is 1. The molecule has 1 aliphatic heterocycles. The highest BCUT2D eigenvalue weighted by Gasteiger charge is 2.30. The fourth-order valence-corrected chi connectivity index (χ4v) is 4.11. The summed E-state index contributed by atoms with van der Waals surface area (Å²) >= 11 is 0. The maximum atomic E-state index is 12.6. The Bertz CT molecular complexity index is 810. The second kappa shape index (κ2) is 7.62. The van der Waals surface area contributed by atoms with E-state index < -0.39 is 0 Å². The minimum atomic E-state index is -0.259. The number of quaternary nitrogens is 1. The summed E-state index contributed by atoms with van der Waals surface area (Å²) in [4.78, 5) is 19.9. The molecule has 2 heterocycles. The third kappa shape index (κ3) is 3.54. The first-order chi connectivity index (χ1) is 12.4. The van der Waals surface area contributed by atoms with Crippen molar-refractivity contribution >= 4 is 22.6 Å². The second-order valence-electron chi connectivity index (χ2n) is 7.57. The van der Waals surface area contributed by atoms with Crippen LogP contribution < -0.4 is 14.8 Å². The highest BCUT2D eigenvalue weighted by molar-refractivity contribution is 6.04. The van der Waals surface area contributed by atoms with Gasteiger partial charge in [-0.05, 0) is 38.5 Å². The van der Waals surface area contributed by atoms with Crippen LogP contribution in [0.2, 0.25) is 0 Å². The van der Waals surface area contributed by atoms with Crippen LogP contribution in [0.25, 0.3) is 10.9 Å². The van der Waals surface area contributed by atoms with Gasteiger partial charge in [-0.3, -0.25) is 0 Å². The fourth-order valence-electron chi connectivity index (χ4n) is 4.11. The molecule has 3 rings (SSSR count). The monoisotopic (exact) mass is 357 g/mol. The van der Waals surface area contributed by atoms with Crippen LogP contribution in [0.15, 0.2) is 18.3 Å². The summed E-state index contributed by atoms with van der Waals surface area (Å²) in [6.45, 7) is 8.77. The molecular weight excluding hydrogens is 326 g/mol. The molecule has 0 aliphatic carbocycles. The van der Waals surface area contributed by atoms with Crippen molar-refractivity contribution in [3.63, 3.8) is 0 Å². The van der Waals surface area contributed by atoms with E-state index in [1.807, 2.05) is 13.1 Å². The summed E-state index contributed by atoms with van der Waals surface area (Å²) in [5.41, 5.74) is 5.10. The van der Waals surface area contributed by atoms with Crippen molar-refractivity contribution in [1.82, 2.24) is 0 Å². The van der Waals surface area contributed by atoms with E-state index in [1.54, 1.807) is 4.90 Å². The number of carbonyl (C=O) groups excluding carboxylic acids is 1. The van der Waals surface area contributed by atoms with Gasteiger partial charge in [0.1, 0.15) is 5.56 Å². The normalized spacial score (nSPS) is 20.2. The zero-order chi connectivity index (χ0) is 18.8. The first-order valence-corrected chi connectivity index (χ1v) is 9.59. The molecule has 2 N–H and O–H groups in total. The molecule has 2 aromatic rings. The first-order valence-electron chi connectivity index (χ1n) is 9.59. The third-order valence-corrected chi connectivity index (χ3v) is 5.56.